The molecule has 1 aromatic rings. The van der Waals surface area contributed by atoms with E-state index in [1.54, 1.807) is 13.8 Å². The van der Waals surface area contributed by atoms with Crippen LogP contribution in [0.3, 0.4) is 0 Å². The van der Waals surface area contributed by atoms with Crippen LogP contribution in [0, 0.1) is 0 Å². The van der Waals surface area contributed by atoms with Crippen LogP contribution in [-0.2, 0) is 20.9 Å². The Hall–Kier alpha value is -1.47. The fourth-order valence-electron chi connectivity index (χ4n) is 1.69. The number of ether oxygens (including phenoxy) is 2. The minimum atomic E-state index is -1.15. The van der Waals surface area contributed by atoms with Crippen LogP contribution in [0.5, 0.6) is 0 Å². The fraction of sp³-hybridized carbons (Fsp3) is 0.562. The zero-order valence-electron chi connectivity index (χ0n) is 13.2. The molecule has 6 nitrogen and oxygen atoms in total. The minimum absolute atomic E-state index is 0.168. The summed E-state index contributed by atoms with van der Waals surface area (Å²) in [5.41, 5.74) is 6.80. The van der Waals surface area contributed by atoms with Gasteiger partial charge in [-0.25, -0.2) is 0 Å². The molecular formula is C16H26N2O4. The second-order valence-corrected chi connectivity index (χ2v) is 5.55. The molecule has 0 saturated carbocycles. The number of hydrogen-bond acceptors (Lipinski definition) is 5. The van der Waals surface area contributed by atoms with Gasteiger partial charge in [-0.05, 0) is 25.8 Å². The lowest BCUT2D eigenvalue weighted by Gasteiger charge is -2.18. The topological polar surface area (TPSA) is 93.8 Å². The quantitative estimate of drug-likeness (QED) is 0.439. The lowest BCUT2D eigenvalue weighted by atomic mass is 10.2. The molecule has 0 aliphatic rings. The Kier molecular flexibility index (Phi) is 8.05. The maximum Gasteiger partial charge on any atom is 0.239 e. The van der Waals surface area contributed by atoms with E-state index in [9.17, 15) is 9.90 Å². The van der Waals surface area contributed by atoms with Gasteiger partial charge in [-0.3, -0.25) is 4.79 Å². The predicted octanol–water partition coefficient (Wildman–Crippen LogP) is 0.782. The summed E-state index contributed by atoms with van der Waals surface area (Å²) in [4.78, 5) is 11.7. The fourth-order valence-corrected chi connectivity index (χ4v) is 1.69. The highest BCUT2D eigenvalue weighted by molar-refractivity contribution is 5.81. The largest absolute Gasteiger partial charge is 0.375 e. The first kappa shape index (κ1) is 18.6. The normalized spacial score (nSPS) is 12.9. The van der Waals surface area contributed by atoms with Crippen molar-refractivity contribution in [2.75, 3.05) is 19.8 Å². The summed E-state index contributed by atoms with van der Waals surface area (Å²) in [5, 5.41) is 12.1. The summed E-state index contributed by atoms with van der Waals surface area (Å²) in [7, 11) is 0. The van der Waals surface area contributed by atoms with Crippen molar-refractivity contribution in [2.24, 2.45) is 5.73 Å². The van der Waals surface area contributed by atoms with Gasteiger partial charge in [0.25, 0.3) is 0 Å². The molecule has 0 fully saturated rings. The minimum Gasteiger partial charge on any atom is -0.375 e. The van der Waals surface area contributed by atoms with E-state index < -0.39 is 11.8 Å². The van der Waals surface area contributed by atoms with E-state index in [1.165, 1.54) is 0 Å². The third kappa shape index (κ3) is 8.74. The summed E-state index contributed by atoms with van der Waals surface area (Å²) in [6.45, 7) is 4.53. The molecule has 0 spiro atoms. The molecule has 1 atom stereocenters. The van der Waals surface area contributed by atoms with Gasteiger partial charge in [0.05, 0.1) is 19.8 Å². The molecule has 22 heavy (non-hydrogen) atoms. The van der Waals surface area contributed by atoms with Gasteiger partial charge in [0.2, 0.25) is 5.91 Å². The maximum absolute atomic E-state index is 11.7. The first-order chi connectivity index (χ1) is 10.4. The molecule has 4 N–H and O–H groups in total. The third-order valence-corrected chi connectivity index (χ3v) is 2.82. The summed E-state index contributed by atoms with van der Waals surface area (Å²) < 4.78 is 10.6. The Morgan fingerprint density at radius 2 is 2.05 bits per heavy atom. The molecule has 1 aromatic carbocycles. The van der Waals surface area contributed by atoms with E-state index >= 15 is 0 Å². The van der Waals surface area contributed by atoms with Gasteiger partial charge in [0.1, 0.15) is 6.04 Å². The van der Waals surface area contributed by atoms with Crippen molar-refractivity contribution in [3.63, 3.8) is 0 Å². The summed E-state index contributed by atoms with van der Waals surface area (Å²) >= 11 is 0. The number of amides is 1. The number of nitrogens with two attached hydrogens (primary N) is 1. The molecule has 0 aromatic heterocycles. The average molecular weight is 310 g/mol. The molecule has 1 unspecified atom stereocenters. The second-order valence-electron chi connectivity index (χ2n) is 5.55. The molecule has 6 heteroatoms. The van der Waals surface area contributed by atoms with Crippen LogP contribution >= 0.6 is 0 Å². The zero-order valence-corrected chi connectivity index (χ0v) is 13.2. The van der Waals surface area contributed by atoms with E-state index in [4.69, 9.17) is 15.2 Å². The molecule has 0 heterocycles. The molecule has 0 radical (unpaired) electrons. The van der Waals surface area contributed by atoms with Crippen molar-refractivity contribution in [1.29, 1.82) is 0 Å². The van der Waals surface area contributed by atoms with E-state index in [1.807, 2.05) is 30.3 Å². The van der Waals surface area contributed by atoms with Crippen LogP contribution in [0.4, 0.5) is 0 Å². The van der Waals surface area contributed by atoms with Crippen molar-refractivity contribution in [3.8, 4) is 0 Å². The van der Waals surface area contributed by atoms with E-state index in [-0.39, 0.29) is 12.5 Å². The number of aliphatic hydroxyl groups is 1. The van der Waals surface area contributed by atoms with Crippen LogP contribution in [-0.4, -0.2) is 42.6 Å². The van der Waals surface area contributed by atoms with Crippen molar-refractivity contribution in [3.05, 3.63) is 35.9 Å². The van der Waals surface area contributed by atoms with Gasteiger partial charge in [-0.15, -0.1) is 0 Å². The molecular weight excluding hydrogens is 284 g/mol. The van der Waals surface area contributed by atoms with Crippen molar-refractivity contribution in [2.45, 2.75) is 38.7 Å². The summed E-state index contributed by atoms with van der Waals surface area (Å²) in [6.07, 6.45) is 0.604. The molecule has 0 aliphatic heterocycles. The second kappa shape index (κ2) is 9.53. The van der Waals surface area contributed by atoms with Crippen LogP contribution in [0.1, 0.15) is 25.8 Å². The van der Waals surface area contributed by atoms with Gasteiger partial charge >= 0.3 is 0 Å². The predicted molar refractivity (Wildman–Crippen MR) is 83.9 cm³/mol. The Balaban J connectivity index is 2.09. The monoisotopic (exact) mass is 310 g/mol. The number of carbonyl (C=O) groups excluding carboxylic acids is 1. The summed E-state index contributed by atoms with van der Waals surface area (Å²) in [6, 6.07) is 9.01. The first-order valence-corrected chi connectivity index (χ1v) is 7.40. The van der Waals surface area contributed by atoms with Crippen molar-refractivity contribution < 1.29 is 19.4 Å². The SMILES string of the molecule is CC(C)(O)OCCCNC(=O)C(N)COCc1ccccc1. The number of hydrogen-bond donors (Lipinski definition) is 3. The molecule has 0 saturated heterocycles. The van der Waals surface area contributed by atoms with Crippen LogP contribution < -0.4 is 11.1 Å². The molecule has 0 aliphatic carbocycles. The van der Waals surface area contributed by atoms with Crippen LogP contribution in [0.25, 0.3) is 0 Å². The number of carbonyl (C=O) groups is 1. The van der Waals surface area contributed by atoms with Gasteiger partial charge in [0, 0.05) is 6.54 Å². The van der Waals surface area contributed by atoms with Gasteiger partial charge in [-0.1, -0.05) is 30.3 Å². The first-order valence-electron chi connectivity index (χ1n) is 7.40. The number of nitrogens with one attached hydrogen (secondary N) is 1. The van der Waals surface area contributed by atoms with E-state index in [0.717, 1.165) is 5.56 Å². The number of rotatable bonds is 10. The van der Waals surface area contributed by atoms with Gasteiger partial charge in [-0.2, -0.15) is 0 Å². The Morgan fingerprint density at radius 3 is 2.68 bits per heavy atom. The standard InChI is InChI=1S/C16H26N2O4/c1-16(2,20)22-10-6-9-18-15(19)14(17)12-21-11-13-7-4-3-5-8-13/h3-5,7-8,14,20H,6,9-12,17H2,1-2H3,(H,18,19). The van der Waals surface area contributed by atoms with Crippen LogP contribution in [0.2, 0.25) is 0 Å². The van der Waals surface area contributed by atoms with Crippen molar-refractivity contribution in [1.82, 2.24) is 5.32 Å². The van der Waals surface area contributed by atoms with Gasteiger partial charge < -0.3 is 25.6 Å². The lowest BCUT2D eigenvalue weighted by molar-refractivity contribution is -0.176. The Morgan fingerprint density at radius 1 is 1.36 bits per heavy atom. The Labute approximate surface area is 131 Å². The van der Waals surface area contributed by atoms with Gasteiger partial charge in [0.15, 0.2) is 5.79 Å². The smallest absolute Gasteiger partial charge is 0.239 e. The van der Waals surface area contributed by atoms with E-state index in [0.29, 0.717) is 26.2 Å². The highest BCUT2D eigenvalue weighted by atomic mass is 16.6. The van der Waals surface area contributed by atoms with Crippen molar-refractivity contribution >= 4 is 5.91 Å². The van der Waals surface area contributed by atoms with Crippen LogP contribution in [0.15, 0.2) is 30.3 Å². The lowest BCUT2D eigenvalue weighted by Crippen LogP contribution is -2.44. The molecule has 124 valence electrons. The molecule has 1 rings (SSSR count). The molecule has 1 amide bonds. The molecule has 0 bridgehead atoms. The third-order valence-electron chi connectivity index (χ3n) is 2.82. The number of benzene rings is 1. The highest BCUT2D eigenvalue weighted by Gasteiger charge is 2.14. The average Bonchev–Trinajstić information content (AvgIpc) is 2.46. The highest BCUT2D eigenvalue weighted by Crippen LogP contribution is 2.03. The maximum atomic E-state index is 11.7. The summed E-state index contributed by atoms with van der Waals surface area (Å²) in [5.74, 6) is -1.40. The van der Waals surface area contributed by atoms with E-state index in [2.05, 4.69) is 5.32 Å². The Bertz CT molecular complexity index is 432. The zero-order chi connectivity index (χ0) is 16.4.